The summed E-state index contributed by atoms with van der Waals surface area (Å²) in [4.78, 5) is 15.0. The van der Waals surface area contributed by atoms with Gasteiger partial charge in [-0.25, -0.2) is 4.79 Å². The highest BCUT2D eigenvalue weighted by Gasteiger charge is 2.37. The normalized spacial score (nSPS) is 20.9. The van der Waals surface area contributed by atoms with Crippen molar-refractivity contribution in [2.45, 2.75) is 19.4 Å². The summed E-state index contributed by atoms with van der Waals surface area (Å²) >= 11 is 0. The van der Waals surface area contributed by atoms with Crippen LogP contribution in [0.1, 0.15) is 22.5 Å². The fraction of sp³-hybridized carbons (Fsp3) is 0.409. The molecule has 1 saturated heterocycles. The second-order valence-corrected chi connectivity index (χ2v) is 7.29. The number of methoxy groups -OCH3 is 3. The molecule has 1 fully saturated rings. The minimum Gasteiger partial charge on any atom is -0.497 e. The molecule has 2 aliphatic rings. The van der Waals surface area contributed by atoms with Crippen LogP contribution in [0.3, 0.4) is 0 Å². The number of fused-ring (bicyclic) bond motifs is 2. The third kappa shape index (κ3) is 2.58. The fourth-order valence-corrected chi connectivity index (χ4v) is 4.54. The van der Waals surface area contributed by atoms with Crippen molar-refractivity contribution in [1.29, 1.82) is 0 Å². The van der Waals surface area contributed by atoms with Crippen LogP contribution in [0.4, 0.5) is 5.69 Å². The molecule has 148 valence electrons. The molecular formula is C22H26N2O4. The van der Waals surface area contributed by atoms with Crippen LogP contribution in [0.15, 0.2) is 36.1 Å². The number of esters is 1. The number of hydrogen-bond donors (Lipinski definition) is 0. The summed E-state index contributed by atoms with van der Waals surface area (Å²) in [7, 11) is 6.77. The van der Waals surface area contributed by atoms with Crippen LogP contribution in [0.5, 0.6) is 5.75 Å². The number of benzene rings is 1. The van der Waals surface area contributed by atoms with E-state index in [1.54, 1.807) is 14.2 Å². The number of carbonyl (C=O) groups excluding carboxylic acids is 1. The number of aromatic nitrogens is 1. The van der Waals surface area contributed by atoms with E-state index in [0.717, 1.165) is 46.8 Å². The molecule has 2 atom stereocenters. The lowest BCUT2D eigenvalue weighted by Gasteiger charge is -2.30. The molecule has 6 heteroatoms. The molecule has 1 aromatic carbocycles. The standard InChI is InChI=1S/C22H26N2O4/c1-13-19(22(25)28-5)20-17(23(13)2)8-9-18(27-4)21(20)24-11-10-14-12-15(26-3)6-7-16(14)24/h6-9,12,14,16H,10-11H2,1-5H3. The molecule has 4 rings (SSSR count). The van der Waals surface area contributed by atoms with E-state index >= 15 is 0 Å². The third-order valence-corrected chi connectivity index (χ3v) is 6.07. The number of anilines is 1. The number of allylic oxidation sites excluding steroid dienone is 1. The molecule has 0 N–H and O–H groups in total. The predicted molar refractivity (Wildman–Crippen MR) is 109 cm³/mol. The van der Waals surface area contributed by atoms with Gasteiger partial charge in [-0.1, -0.05) is 6.08 Å². The SMILES string of the molecule is COC(=O)c1c(C)n(C)c2ccc(OC)c(N3CCC4C=C(OC)C=CC43)c12. The fourth-order valence-electron chi connectivity index (χ4n) is 4.54. The average Bonchev–Trinajstić information content (AvgIpc) is 3.25. The van der Waals surface area contributed by atoms with E-state index in [2.05, 4.69) is 17.1 Å². The van der Waals surface area contributed by atoms with Crippen molar-refractivity contribution >= 4 is 22.6 Å². The van der Waals surface area contributed by atoms with E-state index in [4.69, 9.17) is 14.2 Å². The van der Waals surface area contributed by atoms with Crippen molar-refractivity contribution in [3.63, 3.8) is 0 Å². The summed E-state index contributed by atoms with van der Waals surface area (Å²) in [6.45, 7) is 2.82. The van der Waals surface area contributed by atoms with Crippen LogP contribution in [0.2, 0.25) is 0 Å². The van der Waals surface area contributed by atoms with Gasteiger partial charge in [0.1, 0.15) is 11.5 Å². The summed E-state index contributed by atoms with van der Waals surface area (Å²) in [5.41, 5.74) is 3.43. The second-order valence-electron chi connectivity index (χ2n) is 7.29. The molecule has 1 aliphatic heterocycles. The molecule has 0 spiro atoms. The Morgan fingerprint density at radius 2 is 1.96 bits per heavy atom. The van der Waals surface area contributed by atoms with Crippen molar-refractivity contribution in [2.75, 3.05) is 32.8 Å². The zero-order valence-corrected chi connectivity index (χ0v) is 17.0. The summed E-state index contributed by atoms with van der Waals surface area (Å²) in [5, 5.41) is 0.891. The van der Waals surface area contributed by atoms with Crippen LogP contribution in [-0.4, -0.2) is 44.5 Å². The quantitative estimate of drug-likeness (QED) is 0.757. The molecule has 0 radical (unpaired) electrons. The van der Waals surface area contributed by atoms with E-state index in [1.165, 1.54) is 7.11 Å². The van der Waals surface area contributed by atoms with Gasteiger partial charge in [-0.15, -0.1) is 0 Å². The van der Waals surface area contributed by atoms with Gasteiger partial charge < -0.3 is 23.7 Å². The highest BCUT2D eigenvalue weighted by molar-refractivity contribution is 6.12. The topological polar surface area (TPSA) is 52.9 Å². The zero-order chi connectivity index (χ0) is 20.0. The van der Waals surface area contributed by atoms with Crippen LogP contribution in [0.25, 0.3) is 10.9 Å². The van der Waals surface area contributed by atoms with Gasteiger partial charge in [-0.05, 0) is 37.6 Å². The number of carbonyl (C=O) groups is 1. The first kappa shape index (κ1) is 18.5. The van der Waals surface area contributed by atoms with Gasteiger partial charge >= 0.3 is 5.97 Å². The lowest BCUT2D eigenvalue weighted by molar-refractivity contribution is 0.0602. The van der Waals surface area contributed by atoms with Gasteiger partial charge in [-0.3, -0.25) is 0 Å². The molecule has 2 unspecified atom stereocenters. The monoisotopic (exact) mass is 382 g/mol. The van der Waals surface area contributed by atoms with Crippen molar-refractivity contribution in [3.05, 3.63) is 47.4 Å². The van der Waals surface area contributed by atoms with Gasteiger partial charge in [0, 0.05) is 30.6 Å². The van der Waals surface area contributed by atoms with Crippen LogP contribution >= 0.6 is 0 Å². The highest BCUT2D eigenvalue weighted by Crippen LogP contribution is 2.45. The van der Waals surface area contributed by atoms with Gasteiger partial charge in [0.25, 0.3) is 0 Å². The second kappa shape index (κ2) is 6.93. The van der Waals surface area contributed by atoms with Crippen molar-refractivity contribution in [2.24, 2.45) is 13.0 Å². The first-order valence-corrected chi connectivity index (χ1v) is 9.46. The lowest BCUT2D eigenvalue weighted by Crippen LogP contribution is -2.32. The summed E-state index contributed by atoms with van der Waals surface area (Å²) in [6.07, 6.45) is 7.40. The van der Waals surface area contributed by atoms with Crippen molar-refractivity contribution in [1.82, 2.24) is 4.57 Å². The lowest BCUT2D eigenvalue weighted by atomic mass is 9.94. The minimum absolute atomic E-state index is 0.199. The molecule has 6 nitrogen and oxygen atoms in total. The predicted octanol–water partition coefficient (Wildman–Crippen LogP) is 3.58. The molecule has 28 heavy (non-hydrogen) atoms. The molecule has 2 aromatic rings. The number of aryl methyl sites for hydroxylation is 1. The smallest absolute Gasteiger partial charge is 0.340 e. The number of hydrogen-bond acceptors (Lipinski definition) is 5. The summed E-state index contributed by atoms with van der Waals surface area (Å²) in [5.74, 6) is 1.71. The molecule has 0 amide bonds. The molecule has 0 bridgehead atoms. The summed E-state index contributed by atoms with van der Waals surface area (Å²) < 4.78 is 18.3. The molecule has 1 aliphatic carbocycles. The van der Waals surface area contributed by atoms with Crippen LogP contribution in [0, 0.1) is 12.8 Å². The maximum atomic E-state index is 12.7. The van der Waals surface area contributed by atoms with E-state index in [9.17, 15) is 4.79 Å². The van der Waals surface area contributed by atoms with E-state index in [-0.39, 0.29) is 12.0 Å². The Kier molecular flexibility index (Phi) is 4.57. The summed E-state index contributed by atoms with van der Waals surface area (Å²) in [6, 6.07) is 4.18. The van der Waals surface area contributed by atoms with E-state index in [0.29, 0.717) is 11.5 Å². The van der Waals surface area contributed by atoms with Gasteiger partial charge in [0.15, 0.2) is 0 Å². The first-order chi connectivity index (χ1) is 13.5. The zero-order valence-electron chi connectivity index (χ0n) is 17.0. The van der Waals surface area contributed by atoms with Crippen LogP contribution in [-0.2, 0) is 16.5 Å². The Bertz CT molecular complexity index is 1000. The molecule has 2 heterocycles. The maximum absolute atomic E-state index is 12.7. The van der Waals surface area contributed by atoms with Crippen molar-refractivity contribution in [3.8, 4) is 5.75 Å². The third-order valence-electron chi connectivity index (χ3n) is 6.07. The Hall–Kier alpha value is -2.89. The Morgan fingerprint density at radius 3 is 2.64 bits per heavy atom. The Morgan fingerprint density at radius 1 is 1.18 bits per heavy atom. The first-order valence-electron chi connectivity index (χ1n) is 9.46. The van der Waals surface area contributed by atoms with Gasteiger partial charge in [0.05, 0.1) is 44.1 Å². The largest absolute Gasteiger partial charge is 0.497 e. The Labute approximate surface area is 165 Å². The minimum atomic E-state index is -0.325. The molecular weight excluding hydrogens is 356 g/mol. The van der Waals surface area contributed by atoms with E-state index < -0.39 is 0 Å². The highest BCUT2D eigenvalue weighted by atomic mass is 16.5. The number of ether oxygens (including phenoxy) is 3. The van der Waals surface area contributed by atoms with Crippen LogP contribution < -0.4 is 9.64 Å². The number of nitrogens with zero attached hydrogens (tertiary/aromatic N) is 2. The Balaban J connectivity index is 1.94. The average molecular weight is 382 g/mol. The molecule has 0 saturated carbocycles. The van der Waals surface area contributed by atoms with Crippen molar-refractivity contribution < 1.29 is 19.0 Å². The van der Waals surface area contributed by atoms with E-state index in [1.807, 2.05) is 36.7 Å². The van der Waals surface area contributed by atoms with Gasteiger partial charge in [0.2, 0.25) is 0 Å². The maximum Gasteiger partial charge on any atom is 0.340 e. The number of rotatable bonds is 4. The molecule has 1 aromatic heterocycles. The van der Waals surface area contributed by atoms with Gasteiger partial charge in [-0.2, -0.15) is 0 Å².